The van der Waals surface area contributed by atoms with Crippen LogP contribution in [0, 0.1) is 0 Å². The van der Waals surface area contributed by atoms with Gasteiger partial charge in [-0.25, -0.2) is 25.1 Å². The predicted octanol–water partition coefficient (Wildman–Crippen LogP) is -1.51. The van der Waals surface area contributed by atoms with Crippen LogP contribution < -0.4 is 15.8 Å². The van der Waals surface area contributed by atoms with E-state index in [1.165, 1.54) is 12.7 Å². The van der Waals surface area contributed by atoms with Crippen molar-refractivity contribution in [2.24, 2.45) is 0 Å². The molecule has 1 atom stereocenters. The molecule has 2 amide bonds. The molecule has 4 heterocycles. The molecule has 2 saturated heterocycles. The highest BCUT2D eigenvalue weighted by Crippen LogP contribution is 2.16. The average molecular weight is 357 g/mol. The summed E-state index contributed by atoms with van der Waals surface area (Å²) in [7, 11) is 0. The fourth-order valence-electron chi connectivity index (χ4n) is 3.10. The third-order valence-electron chi connectivity index (χ3n) is 4.55. The van der Waals surface area contributed by atoms with Crippen LogP contribution in [-0.2, 0) is 9.59 Å². The Morgan fingerprint density at radius 3 is 2.62 bits per heavy atom. The van der Waals surface area contributed by atoms with E-state index < -0.39 is 0 Å². The standard InChI is InChI=1S/C15H19N9O2/c25-14-2-1-11(20-21-14)15(26)23-5-3-22(4-6-23)12-7-13(18-9-17-12)24-10-16-8-19-24/h7-11,20H,1-6H2,(H,21,25). The number of rotatable bonds is 3. The summed E-state index contributed by atoms with van der Waals surface area (Å²) in [5.41, 5.74) is 5.32. The second-order valence-electron chi connectivity index (χ2n) is 6.17. The van der Waals surface area contributed by atoms with Gasteiger partial charge in [0.05, 0.1) is 0 Å². The molecule has 4 rings (SSSR count). The van der Waals surface area contributed by atoms with Crippen LogP contribution in [0.15, 0.2) is 25.0 Å². The Labute approximate surface area is 149 Å². The first kappa shape index (κ1) is 16.4. The minimum Gasteiger partial charge on any atom is -0.353 e. The molecule has 26 heavy (non-hydrogen) atoms. The molecule has 11 heteroatoms. The summed E-state index contributed by atoms with van der Waals surface area (Å²) in [4.78, 5) is 40.1. The molecule has 1 unspecified atom stereocenters. The molecule has 0 saturated carbocycles. The number of carbonyl (C=O) groups is 2. The molecule has 0 bridgehead atoms. The van der Waals surface area contributed by atoms with Gasteiger partial charge in [0.1, 0.15) is 30.8 Å². The summed E-state index contributed by atoms with van der Waals surface area (Å²) in [6.45, 7) is 2.57. The summed E-state index contributed by atoms with van der Waals surface area (Å²) >= 11 is 0. The maximum Gasteiger partial charge on any atom is 0.241 e. The first-order valence-electron chi connectivity index (χ1n) is 8.46. The molecule has 11 nitrogen and oxygen atoms in total. The second-order valence-corrected chi connectivity index (χ2v) is 6.17. The molecule has 2 aliphatic heterocycles. The lowest BCUT2D eigenvalue weighted by Crippen LogP contribution is -2.59. The summed E-state index contributed by atoms with van der Waals surface area (Å²) in [6, 6.07) is 1.50. The third-order valence-corrected chi connectivity index (χ3v) is 4.55. The Morgan fingerprint density at radius 2 is 1.92 bits per heavy atom. The topological polar surface area (TPSA) is 121 Å². The quantitative estimate of drug-likeness (QED) is 0.680. The largest absolute Gasteiger partial charge is 0.353 e. The van der Waals surface area contributed by atoms with Gasteiger partial charge in [-0.15, -0.1) is 0 Å². The summed E-state index contributed by atoms with van der Waals surface area (Å²) in [5.74, 6) is 1.38. The minimum absolute atomic E-state index is 0.0237. The molecule has 2 aromatic heterocycles. The molecule has 2 N–H and O–H groups in total. The smallest absolute Gasteiger partial charge is 0.241 e. The Morgan fingerprint density at radius 1 is 1.12 bits per heavy atom. The van der Waals surface area contributed by atoms with Crippen molar-refractivity contribution in [3.8, 4) is 5.82 Å². The first-order chi connectivity index (χ1) is 12.7. The van der Waals surface area contributed by atoms with Gasteiger partial charge in [-0.3, -0.25) is 15.0 Å². The van der Waals surface area contributed by atoms with Crippen molar-refractivity contribution in [2.75, 3.05) is 31.1 Å². The fraction of sp³-hybridized carbons (Fsp3) is 0.467. The zero-order valence-corrected chi connectivity index (χ0v) is 14.1. The minimum atomic E-state index is -0.350. The predicted molar refractivity (Wildman–Crippen MR) is 90.0 cm³/mol. The number of nitrogens with zero attached hydrogens (tertiary/aromatic N) is 7. The van der Waals surface area contributed by atoms with Gasteiger partial charge in [0, 0.05) is 38.7 Å². The van der Waals surface area contributed by atoms with Crippen LogP contribution in [0.3, 0.4) is 0 Å². The van der Waals surface area contributed by atoms with E-state index in [-0.39, 0.29) is 17.9 Å². The van der Waals surface area contributed by atoms with Crippen LogP contribution in [0.4, 0.5) is 5.82 Å². The van der Waals surface area contributed by atoms with E-state index in [1.54, 1.807) is 11.0 Å². The van der Waals surface area contributed by atoms with Crippen LogP contribution in [0.5, 0.6) is 0 Å². The van der Waals surface area contributed by atoms with Gasteiger partial charge in [0.25, 0.3) is 0 Å². The summed E-state index contributed by atoms with van der Waals surface area (Å²) in [5, 5.41) is 4.07. The third kappa shape index (κ3) is 3.33. The summed E-state index contributed by atoms with van der Waals surface area (Å²) < 4.78 is 1.58. The van der Waals surface area contributed by atoms with Crippen molar-refractivity contribution in [3.05, 3.63) is 25.0 Å². The SMILES string of the molecule is O=C1CCC(C(=O)N2CCN(c3cc(-n4cncn4)ncn3)CC2)NN1. The van der Waals surface area contributed by atoms with E-state index >= 15 is 0 Å². The maximum absolute atomic E-state index is 12.6. The molecule has 0 aliphatic carbocycles. The van der Waals surface area contributed by atoms with Gasteiger partial charge in [-0.05, 0) is 6.42 Å². The van der Waals surface area contributed by atoms with Crippen LogP contribution in [-0.4, -0.2) is 73.7 Å². The highest BCUT2D eigenvalue weighted by atomic mass is 16.2. The number of nitrogens with one attached hydrogen (secondary N) is 2. The number of hydrazine groups is 1. The molecule has 136 valence electrons. The Hall–Kier alpha value is -3.08. The Bertz CT molecular complexity index is 776. The van der Waals surface area contributed by atoms with E-state index in [1.807, 2.05) is 11.0 Å². The van der Waals surface area contributed by atoms with Gasteiger partial charge in [-0.1, -0.05) is 0 Å². The summed E-state index contributed by atoms with van der Waals surface area (Å²) in [6.07, 6.45) is 5.43. The molecule has 0 spiro atoms. The van der Waals surface area contributed by atoms with E-state index in [0.717, 1.165) is 5.82 Å². The average Bonchev–Trinajstić information content (AvgIpc) is 3.23. The molecule has 2 fully saturated rings. The first-order valence-corrected chi connectivity index (χ1v) is 8.46. The molecule has 2 aliphatic rings. The van der Waals surface area contributed by atoms with Crippen LogP contribution >= 0.6 is 0 Å². The van der Waals surface area contributed by atoms with E-state index in [4.69, 9.17) is 0 Å². The molecule has 0 aromatic carbocycles. The Balaban J connectivity index is 1.37. The molecular weight excluding hydrogens is 338 g/mol. The molecular formula is C15H19N9O2. The van der Waals surface area contributed by atoms with Crippen LogP contribution in [0.2, 0.25) is 0 Å². The number of amides is 2. The van der Waals surface area contributed by atoms with Gasteiger partial charge in [0.2, 0.25) is 11.8 Å². The van der Waals surface area contributed by atoms with Gasteiger partial charge in [0.15, 0.2) is 5.82 Å². The van der Waals surface area contributed by atoms with Gasteiger partial charge in [-0.2, -0.15) is 5.10 Å². The maximum atomic E-state index is 12.6. The fourth-order valence-corrected chi connectivity index (χ4v) is 3.10. The second kappa shape index (κ2) is 7.04. The Kier molecular flexibility index (Phi) is 4.44. The highest BCUT2D eigenvalue weighted by molar-refractivity contribution is 5.85. The van der Waals surface area contributed by atoms with Crippen molar-refractivity contribution < 1.29 is 9.59 Å². The van der Waals surface area contributed by atoms with E-state index in [2.05, 4.69) is 35.8 Å². The number of aromatic nitrogens is 5. The number of anilines is 1. The van der Waals surface area contributed by atoms with Crippen molar-refractivity contribution in [1.29, 1.82) is 0 Å². The number of hydrogen-bond acceptors (Lipinski definition) is 8. The molecule has 2 aromatic rings. The van der Waals surface area contributed by atoms with E-state index in [0.29, 0.717) is 44.8 Å². The monoisotopic (exact) mass is 357 g/mol. The normalized spacial score (nSPS) is 20.8. The zero-order chi connectivity index (χ0) is 17.9. The lowest BCUT2D eigenvalue weighted by Gasteiger charge is -2.37. The van der Waals surface area contributed by atoms with Crippen molar-refractivity contribution in [2.45, 2.75) is 18.9 Å². The van der Waals surface area contributed by atoms with Crippen LogP contribution in [0.1, 0.15) is 12.8 Å². The lowest BCUT2D eigenvalue weighted by molar-refractivity contribution is -0.136. The van der Waals surface area contributed by atoms with Crippen molar-refractivity contribution in [1.82, 2.24) is 40.5 Å². The highest BCUT2D eigenvalue weighted by Gasteiger charge is 2.30. The van der Waals surface area contributed by atoms with Gasteiger partial charge >= 0.3 is 0 Å². The van der Waals surface area contributed by atoms with Crippen molar-refractivity contribution >= 4 is 17.6 Å². The van der Waals surface area contributed by atoms with Crippen molar-refractivity contribution in [3.63, 3.8) is 0 Å². The van der Waals surface area contributed by atoms with E-state index in [9.17, 15) is 9.59 Å². The van der Waals surface area contributed by atoms with Gasteiger partial charge < -0.3 is 9.80 Å². The number of piperazine rings is 1. The van der Waals surface area contributed by atoms with Crippen LogP contribution in [0.25, 0.3) is 5.82 Å². The number of carbonyl (C=O) groups excluding carboxylic acids is 2. The zero-order valence-electron chi connectivity index (χ0n) is 14.1. The lowest BCUT2D eigenvalue weighted by atomic mass is 10.1. The number of hydrogen-bond donors (Lipinski definition) is 2. The molecule has 0 radical (unpaired) electrons.